The van der Waals surface area contributed by atoms with Gasteiger partial charge in [0.1, 0.15) is 0 Å². The summed E-state index contributed by atoms with van der Waals surface area (Å²) in [6.45, 7) is 6.98. The summed E-state index contributed by atoms with van der Waals surface area (Å²) < 4.78 is 1.86. The smallest absolute Gasteiger partial charge is 0.251 e. The van der Waals surface area contributed by atoms with Crippen LogP contribution in [-0.2, 0) is 6.54 Å². The first-order chi connectivity index (χ1) is 12.6. The van der Waals surface area contributed by atoms with Crippen molar-refractivity contribution in [3.05, 3.63) is 82.7 Å². The first kappa shape index (κ1) is 16.6. The molecular formula is C23H24N2O. The monoisotopic (exact) mass is 344 g/mol. The zero-order chi connectivity index (χ0) is 18.3. The van der Waals surface area contributed by atoms with Crippen molar-refractivity contribution in [2.75, 3.05) is 11.9 Å². The largest absolute Gasteiger partial charge is 0.345 e. The standard InChI is InChI=1S/C23H24N2O/c1-4-25-22-13-12-19(24(3)16(2)17-8-6-5-7-9-17)14-21(22)20(15-23(25)26)18-10-11-18/h5-9,12-15,18H,2,4,10-11H2,1,3H3. The van der Waals surface area contributed by atoms with E-state index in [1.807, 2.05) is 42.8 Å². The first-order valence-corrected chi connectivity index (χ1v) is 9.25. The van der Waals surface area contributed by atoms with E-state index in [4.69, 9.17) is 0 Å². The lowest BCUT2D eigenvalue weighted by Gasteiger charge is -2.23. The normalized spacial score (nSPS) is 13.8. The molecule has 3 heteroatoms. The zero-order valence-corrected chi connectivity index (χ0v) is 15.4. The molecule has 1 heterocycles. The molecule has 0 saturated heterocycles. The average Bonchev–Trinajstić information content (AvgIpc) is 3.52. The van der Waals surface area contributed by atoms with Crippen LogP contribution in [-0.4, -0.2) is 11.6 Å². The second-order valence-corrected chi connectivity index (χ2v) is 7.03. The fraction of sp³-hybridized carbons (Fsp3) is 0.261. The Balaban J connectivity index is 1.82. The van der Waals surface area contributed by atoms with Gasteiger partial charge >= 0.3 is 0 Å². The van der Waals surface area contributed by atoms with Gasteiger partial charge < -0.3 is 9.47 Å². The number of hydrogen-bond acceptors (Lipinski definition) is 2. The summed E-state index contributed by atoms with van der Waals surface area (Å²) in [7, 11) is 2.04. The van der Waals surface area contributed by atoms with Gasteiger partial charge in [-0.1, -0.05) is 36.9 Å². The molecule has 1 saturated carbocycles. The molecule has 26 heavy (non-hydrogen) atoms. The van der Waals surface area contributed by atoms with E-state index in [1.165, 1.54) is 23.8 Å². The van der Waals surface area contributed by atoms with Gasteiger partial charge in [-0.15, -0.1) is 0 Å². The Labute approximate surface area is 154 Å². The highest BCUT2D eigenvalue weighted by molar-refractivity contribution is 5.89. The molecule has 0 aliphatic heterocycles. The second kappa shape index (κ2) is 6.49. The van der Waals surface area contributed by atoms with Crippen LogP contribution in [0.25, 0.3) is 16.6 Å². The van der Waals surface area contributed by atoms with E-state index in [-0.39, 0.29) is 5.56 Å². The highest BCUT2D eigenvalue weighted by Gasteiger charge is 2.27. The summed E-state index contributed by atoms with van der Waals surface area (Å²) in [5.41, 5.74) is 5.50. The van der Waals surface area contributed by atoms with Crippen molar-refractivity contribution < 1.29 is 0 Å². The summed E-state index contributed by atoms with van der Waals surface area (Å²) in [4.78, 5) is 14.6. The summed E-state index contributed by atoms with van der Waals surface area (Å²) in [5, 5.41) is 1.19. The maximum absolute atomic E-state index is 12.5. The maximum atomic E-state index is 12.5. The molecule has 3 aromatic rings. The second-order valence-electron chi connectivity index (χ2n) is 7.03. The van der Waals surface area contributed by atoms with Crippen molar-refractivity contribution in [3.8, 4) is 0 Å². The number of nitrogens with zero attached hydrogens (tertiary/aromatic N) is 2. The Morgan fingerprint density at radius 1 is 1.15 bits per heavy atom. The predicted molar refractivity (Wildman–Crippen MR) is 110 cm³/mol. The number of fused-ring (bicyclic) bond motifs is 1. The van der Waals surface area contributed by atoms with Gasteiger partial charge in [0.15, 0.2) is 0 Å². The van der Waals surface area contributed by atoms with Crippen LogP contribution < -0.4 is 10.5 Å². The summed E-state index contributed by atoms with van der Waals surface area (Å²) in [5.74, 6) is 0.537. The van der Waals surface area contributed by atoms with E-state index < -0.39 is 0 Å². The topological polar surface area (TPSA) is 25.2 Å². The summed E-state index contributed by atoms with van der Waals surface area (Å²) >= 11 is 0. The molecule has 4 rings (SSSR count). The van der Waals surface area contributed by atoms with Crippen LogP contribution >= 0.6 is 0 Å². The molecule has 1 aromatic heterocycles. The van der Waals surface area contributed by atoms with Crippen LogP contribution in [0.3, 0.4) is 0 Å². The van der Waals surface area contributed by atoms with E-state index in [0.717, 1.165) is 22.5 Å². The van der Waals surface area contributed by atoms with E-state index in [2.05, 4.69) is 41.8 Å². The van der Waals surface area contributed by atoms with Crippen LogP contribution in [0.4, 0.5) is 5.69 Å². The number of rotatable bonds is 5. The quantitative estimate of drug-likeness (QED) is 0.650. The minimum absolute atomic E-state index is 0.108. The minimum Gasteiger partial charge on any atom is -0.345 e. The number of anilines is 1. The van der Waals surface area contributed by atoms with Crippen LogP contribution in [0.5, 0.6) is 0 Å². The van der Waals surface area contributed by atoms with Crippen molar-refractivity contribution in [2.45, 2.75) is 32.2 Å². The molecule has 0 atom stereocenters. The fourth-order valence-electron chi connectivity index (χ4n) is 3.64. The van der Waals surface area contributed by atoms with Gasteiger partial charge in [-0.05, 0) is 55.0 Å². The SMILES string of the molecule is C=C(c1ccccc1)N(C)c1ccc2c(c1)c(C1CC1)cc(=O)n2CC. The lowest BCUT2D eigenvalue weighted by Crippen LogP contribution is -2.20. The minimum atomic E-state index is 0.108. The molecule has 0 N–H and O–H groups in total. The summed E-state index contributed by atoms with van der Waals surface area (Å²) in [6, 6.07) is 18.4. The Hall–Kier alpha value is -2.81. The van der Waals surface area contributed by atoms with Crippen molar-refractivity contribution in [2.24, 2.45) is 0 Å². The van der Waals surface area contributed by atoms with Crippen molar-refractivity contribution in [1.29, 1.82) is 0 Å². The van der Waals surface area contributed by atoms with Crippen molar-refractivity contribution in [1.82, 2.24) is 4.57 Å². The van der Waals surface area contributed by atoms with Crippen LogP contribution in [0.1, 0.15) is 36.8 Å². The highest BCUT2D eigenvalue weighted by Crippen LogP contribution is 2.43. The third-order valence-corrected chi connectivity index (χ3v) is 5.36. The van der Waals surface area contributed by atoms with Crippen LogP contribution in [0.15, 0.2) is 66.0 Å². The van der Waals surface area contributed by atoms with Gasteiger partial charge in [-0.3, -0.25) is 4.79 Å². The average molecular weight is 344 g/mol. The van der Waals surface area contributed by atoms with Crippen molar-refractivity contribution in [3.63, 3.8) is 0 Å². The number of aryl methyl sites for hydroxylation is 1. The molecule has 3 nitrogen and oxygen atoms in total. The van der Waals surface area contributed by atoms with E-state index in [0.29, 0.717) is 12.5 Å². The molecule has 132 valence electrons. The van der Waals surface area contributed by atoms with Gasteiger partial charge in [-0.25, -0.2) is 0 Å². The van der Waals surface area contributed by atoms with E-state index in [9.17, 15) is 4.79 Å². The first-order valence-electron chi connectivity index (χ1n) is 9.25. The molecule has 0 spiro atoms. The number of pyridine rings is 1. The number of benzene rings is 2. The third kappa shape index (κ3) is 2.84. The lowest BCUT2D eigenvalue weighted by molar-refractivity contribution is 0.757. The Kier molecular flexibility index (Phi) is 4.15. The molecule has 1 fully saturated rings. The predicted octanol–water partition coefficient (Wildman–Crippen LogP) is 5.01. The molecular weight excluding hydrogens is 320 g/mol. The van der Waals surface area contributed by atoms with E-state index in [1.54, 1.807) is 0 Å². The molecule has 1 aliphatic carbocycles. The third-order valence-electron chi connectivity index (χ3n) is 5.36. The van der Waals surface area contributed by atoms with Gasteiger partial charge in [0, 0.05) is 36.4 Å². The van der Waals surface area contributed by atoms with Crippen LogP contribution in [0.2, 0.25) is 0 Å². The van der Waals surface area contributed by atoms with Crippen molar-refractivity contribution >= 4 is 22.3 Å². The zero-order valence-electron chi connectivity index (χ0n) is 15.4. The van der Waals surface area contributed by atoms with Gasteiger partial charge in [0.2, 0.25) is 0 Å². The number of aromatic nitrogens is 1. The maximum Gasteiger partial charge on any atom is 0.251 e. The number of hydrogen-bond donors (Lipinski definition) is 0. The Morgan fingerprint density at radius 2 is 1.88 bits per heavy atom. The van der Waals surface area contributed by atoms with E-state index >= 15 is 0 Å². The van der Waals surface area contributed by atoms with Gasteiger partial charge in [-0.2, -0.15) is 0 Å². The van der Waals surface area contributed by atoms with Crippen LogP contribution in [0, 0.1) is 0 Å². The lowest BCUT2D eigenvalue weighted by atomic mass is 10.0. The molecule has 0 bridgehead atoms. The summed E-state index contributed by atoms with van der Waals surface area (Å²) in [6.07, 6.45) is 2.36. The van der Waals surface area contributed by atoms with Gasteiger partial charge in [0.05, 0.1) is 5.52 Å². The molecule has 1 aliphatic rings. The molecule has 2 aromatic carbocycles. The molecule has 0 unspecified atom stereocenters. The molecule has 0 amide bonds. The molecule has 0 radical (unpaired) electrons. The fourth-order valence-corrected chi connectivity index (χ4v) is 3.64. The van der Waals surface area contributed by atoms with Gasteiger partial charge in [0.25, 0.3) is 5.56 Å². The Morgan fingerprint density at radius 3 is 2.54 bits per heavy atom. The Bertz CT molecular complexity index is 1030. The highest BCUT2D eigenvalue weighted by atomic mass is 16.1.